The van der Waals surface area contributed by atoms with Crippen molar-refractivity contribution >= 4 is 35.0 Å². The minimum absolute atomic E-state index is 0.0558. The van der Waals surface area contributed by atoms with Crippen molar-refractivity contribution in [2.45, 2.75) is 44.4 Å². The minimum atomic E-state index is -0.209. The highest BCUT2D eigenvalue weighted by molar-refractivity contribution is 7.99. The van der Waals surface area contributed by atoms with Gasteiger partial charge in [0.05, 0.1) is 17.1 Å². The highest BCUT2D eigenvalue weighted by Crippen LogP contribution is 2.32. The molecule has 1 unspecified atom stereocenters. The molecule has 1 aromatic heterocycles. The molecule has 1 atom stereocenters. The van der Waals surface area contributed by atoms with Gasteiger partial charge < -0.3 is 14.8 Å². The summed E-state index contributed by atoms with van der Waals surface area (Å²) in [5, 5.41) is 11.6. The monoisotopic (exact) mass is 359 g/mol. The van der Waals surface area contributed by atoms with Crippen molar-refractivity contribution in [1.29, 1.82) is 0 Å². The molecule has 0 radical (unpaired) electrons. The van der Waals surface area contributed by atoms with Gasteiger partial charge in [-0.1, -0.05) is 23.9 Å². The smallest absolute Gasteiger partial charge is 0.237 e. The van der Waals surface area contributed by atoms with Crippen LogP contribution in [0.5, 0.6) is 0 Å². The van der Waals surface area contributed by atoms with Gasteiger partial charge in [0, 0.05) is 18.5 Å². The molecule has 2 heterocycles. The van der Waals surface area contributed by atoms with E-state index in [1.165, 1.54) is 11.8 Å². The molecule has 8 heteroatoms. The zero-order valence-corrected chi connectivity index (χ0v) is 15.3. The maximum Gasteiger partial charge on any atom is 0.237 e. The largest absolute Gasteiger partial charge is 0.324 e. The Morgan fingerprint density at radius 3 is 2.92 bits per heavy atom. The molecule has 0 bridgehead atoms. The van der Waals surface area contributed by atoms with Crippen LogP contribution in [0.1, 0.15) is 33.2 Å². The first-order valence-corrected chi connectivity index (χ1v) is 9.19. The van der Waals surface area contributed by atoms with Crippen LogP contribution in [0, 0.1) is 0 Å². The summed E-state index contributed by atoms with van der Waals surface area (Å²) >= 11 is 1.36. The fourth-order valence-corrected chi connectivity index (χ4v) is 3.76. The molecular formula is C17H21N5O2S. The quantitative estimate of drug-likeness (QED) is 0.849. The fourth-order valence-electron chi connectivity index (χ4n) is 2.85. The van der Waals surface area contributed by atoms with Crippen molar-refractivity contribution in [2.75, 3.05) is 16.0 Å². The minimum Gasteiger partial charge on any atom is -0.324 e. The molecule has 3 rings (SSSR count). The summed E-state index contributed by atoms with van der Waals surface area (Å²) in [5.41, 5.74) is 1.40. The van der Waals surface area contributed by atoms with E-state index >= 15 is 0 Å². The van der Waals surface area contributed by atoms with Gasteiger partial charge in [-0.15, -0.1) is 10.2 Å². The third kappa shape index (κ3) is 3.68. The van der Waals surface area contributed by atoms with Crippen LogP contribution in [-0.2, 0) is 9.59 Å². The summed E-state index contributed by atoms with van der Waals surface area (Å²) in [7, 11) is 0. The molecule has 7 nitrogen and oxygen atoms in total. The first kappa shape index (κ1) is 17.5. The summed E-state index contributed by atoms with van der Waals surface area (Å²) in [5.74, 6) is 0.0976. The van der Waals surface area contributed by atoms with Gasteiger partial charge in [0.1, 0.15) is 6.33 Å². The number of hydrogen-bond donors (Lipinski definition) is 1. The van der Waals surface area contributed by atoms with Crippen LogP contribution in [0.4, 0.5) is 11.4 Å². The molecule has 1 aromatic carbocycles. The number of hydrogen-bond acceptors (Lipinski definition) is 5. The Bertz CT molecular complexity index is 789. The SMILES string of the molecule is CC1CC(=O)Nc2ccccc2N1C(=O)CSc1nncn1C(C)C. The number of fused-ring (bicyclic) bond motifs is 1. The van der Waals surface area contributed by atoms with Gasteiger partial charge in [-0.25, -0.2) is 0 Å². The Balaban J connectivity index is 1.81. The third-order valence-corrected chi connectivity index (χ3v) is 4.99. The maximum atomic E-state index is 12.9. The van der Waals surface area contributed by atoms with E-state index in [1.54, 1.807) is 11.2 Å². The number of para-hydroxylation sites is 2. The lowest BCUT2D eigenvalue weighted by atomic mass is 10.2. The van der Waals surface area contributed by atoms with Crippen LogP contribution in [0.25, 0.3) is 0 Å². The van der Waals surface area contributed by atoms with E-state index in [2.05, 4.69) is 15.5 Å². The lowest BCUT2D eigenvalue weighted by molar-refractivity contribution is -0.117. The molecule has 0 fully saturated rings. The van der Waals surface area contributed by atoms with Gasteiger partial charge in [-0.2, -0.15) is 0 Å². The van der Waals surface area contributed by atoms with E-state index in [-0.39, 0.29) is 36.1 Å². The van der Waals surface area contributed by atoms with E-state index in [0.717, 1.165) is 5.69 Å². The molecule has 1 aliphatic heterocycles. The van der Waals surface area contributed by atoms with Crippen LogP contribution < -0.4 is 10.2 Å². The summed E-state index contributed by atoms with van der Waals surface area (Å²) in [6, 6.07) is 7.40. The number of benzene rings is 1. The average Bonchev–Trinajstić information content (AvgIpc) is 2.98. The molecule has 2 aromatic rings. The van der Waals surface area contributed by atoms with Crippen molar-refractivity contribution < 1.29 is 9.59 Å². The van der Waals surface area contributed by atoms with E-state index in [1.807, 2.05) is 49.6 Å². The number of carbonyl (C=O) groups is 2. The van der Waals surface area contributed by atoms with Crippen LogP contribution >= 0.6 is 11.8 Å². The normalized spacial score (nSPS) is 17.2. The number of thioether (sulfide) groups is 1. The lowest BCUT2D eigenvalue weighted by Gasteiger charge is -2.27. The van der Waals surface area contributed by atoms with Crippen molar-refractivity contribution in [2.24, 2.45) is 0 Å². The average molecular weight is 359 g/mol. The van der Waals surface area contributed by atoms with E-state index in [0.29, 0.717) is 10.8 Å². The Labute approximate surface area is 150 Å². The first-order chi connectivity index (χ1) is 12.0. The van der Waals surface area contributed by atoms with Crippen molar-refractivity contribution in [3.05, 3.63) is 30.6 Å². The summed E-state index contributed by atoms with van der Waals surface area (Å²) < 4.78 is 1.93. The zero-order chi connectivity index (χ0) is 18.0. The summed E-state index contributed by atoms with van der Waals surface area (Å²) in [6.07, 6.45) is 1.94. The third-order valence-electron chi connectivity index (χ3n) is 4.05. The van der Waals surface area contributed by atoms with Crippen LogP contribution in [0.3, 0.4) is 0 Å². The lowest BCUT2D eigenvalue weighted by Crippen LogP contribution is -2.40. The zero-order valence-electron chi connectivity index (χ0n) is 14.5. The van der Waals surface area contributed by atoms with E-state index in [4.69, 9.17) is 0 Å². The molecule has 0 saturated carbocycles. The number of amides is 2. The highest BCUT2D eigenvalue weighted by atomic mass is 32.2. The molecule has 0 aliphatic carbocycles. The Morgan fingerprint density at radius 1 is 1.40 bits per heavy atom. The molecule has 2 amide bonds. The molecule has 0 saturated heterocycles. The maximum absolute atomic E-state index is 12.9. The van der Waals surface area contributed by atoms with Gasteiger partial charge in [0.15, 0.2) is 5.16 Å². The fraction of sp³-hybridized carbons (Fsp3) is 0.412. The second-order valence-corrected chi connectivity index (χ2v) is 7.23. The van der Waals surface area contributed by atoms with Crippen LogP contribution in [0.2, 0.25) is 0 Å². The number of nitrogens with one attached hydrogen (secondary N) is 1. The van der Waals surface area contributed by atoms with E-state index < -0.39 is 0 Å². The Kier molecular flexibility index (Phi) is 5.08. The van der Waals surface area contributed by atoms with Gasteiger partial charge in [-0.05, 0) is 32.9 Å². The van der Waals surface area contributed by atoms with Gasteiger partial charge in [0.25, 0.3) is 0 Å². The van der Waals surface area contributed by atoms with Crippen LogP contribution in [-0.4, -0.2) is 38.4 Å². The number of rotatable bonds is 4. The van der Waals surface area contributed by atoms with Crippen LogP contribution in [0.15, 0.2) is 35.7 Å². The van der Waals surface area contributed by atoms with Crippen molar-refractivity contribution in [3.63, 3.8) is 0 Å². The van der Waals surface area contributed by atoms with Crippen molar-refractivity contribution in [1.82, 2.24) is 14.8 Å². The molecule has 0 spiro atoms. The second-order valence-electron chi connectivity index (χ2n) is 6.29. The molecule has 132 valence electrons. The predicted molar refractivity (Wildman–Crippen MR) is 97.8 cm³/mol. The Morgan fingerprint density at radius 2 is 2.16 bits per heavy atom. The molecule has 1 N–H and O–H groups in total. The van der Waals surface area contributed by atoms with Gasteiger partial charge in [-0.3, -0.25) is 9.59 Å². The number of aromatic nitrogens is 3. The number of anilines is 2. The molecule has 25 heavy (non-hydrogen) atoms. The topological polar surface area (TPSA) is 80.1 Å². The summed E-state index contributed by atoms with van der Waals surface area (Å²) in [6.45, 7) is 5.97. The van der Waals surface area contributed by atoms with Gasteiger partial charge in [0.2, 0.25) is 11.8 Å². The standard InChI is InChI=1S/C17H21N5O2S/c1-11(2)21-10-18-20-17(21)25-9-16(24)22-12(3)8-15(23)19-13-6-4-5-7-14(13)22/h4-7,10-12H,8-9H2,1-3H3,(H,19,23). The van der Waals surface area contributed by atoms with E-state index in [9.17, 15) is 9.59 Å². The predicted octanol–water partition coefficient (Wildman–Crippen LogP) is 2.72. The number of carbonyl (C=O) groups excluding carboxylic acids is 2. The van der Waals surface area contributed by atoms with Gasteiger partial charge >= 0.3 is 0 Å². The summed E-state index contributed by atoms with van der Waals surface area (Å²) in [4.78, 5) is 26.6. The highest BCUT2D eigenvalue weighted by Gasteiger charge is 2.29. The molecule has 1 aliphatic rings. The van der Waals surface area contributed by atoms with Crippen molar-refractivity contribution in [3.8, 4) is 0 Å². The molecular weight excluding hydrogens is 338 g/mol. The number of nitrogens with zero attached hydrogens (tertiary/aromatic N) is 4. The first-order valence-electron chi connectivity index (χ1n) is 8.20. The second kappa shape index (κ2) is 7.26. The Hall–Kier alpha value is -2.35.